The van der Waals surface area contributed by atoms with Crippen molar-refractivity contribution >= 4 is 33.3 Å². The van der Waals surface area contributed by atoms with Crippen LogP contribution in [0.1, 0.15) is 16.9 Å². The van der Waals surface area contributed by atoms with Crippen LogP contribution in [0.15, 0.2) is 52.9 Å². The van der Waals surface area contributed by atoms with Crippen LogP contribution in [0.5, 0.6) is 5.75 Å². The number of ether oxygens (including phenoxy) is 1. The molecule has 1 aliphatic rings. The highest BCUT2D eigenvalue weighted by molar-refractivity contribution is 7.99. The average molecular weight is 385 g/mol. The van der Waals surface area contributed by atoms with Crippen LogP contribution in [0.25, 0.3) is 10.2 Å². The van der Waals surface area contributed by atoms with Crippen molar-refractivity contribution in [1.29, 1.82) is 0 Å². The van der Waals surface area contributed by atoms with E-state index in [0.29, 0.717) is 13.2 Å². The molecule has 3 aromatic rings. The molecule has 134 valence electrons. The summed E-state index contributed by atoms with van der Waals surface area (Å²) >= 11 is 3.24. The molecule has 0 amide bonds. The lowest BCUT2D eigenvalue weighted by Gasteiger charge is -2.11. The third-order valence-corrected chi connectivity index (χ3v) is 6.55. The molecule has 0 N–H and O–H groups in total. The van der Waals surface area contributed by atoms with Crippen molar-refractivity contribution in [2.45, 2.75) is 31.0 Å². The molecule has 1 aliphatic carbocycles. The maximum absolute atomic E-state index is 13.1. The van der Waals surface area contributed by atoms with Gasteiger partial charge in [0.1, 0.15) is 10.6 Å². The molecule has 0 saturated heterocycles. The third-order valence-electron chi connectivity index (χ3n) is 4.43. The van der Waals surface area contributed by atoms with E-state index in [2.05, 4.69) is 6.58 Å². The van der Waals surface area contributed by atoms with Crippen molar-refractivity contribution < 1.29 is 4.74 Å². The van der Waals surface area contributed by atoms with Gasteiger partial charge in [0.25, 0.3) is 5.56 Å². The Kier molecular flexibility index (Phi) is 5.13. The number of hydrogen-bond donors (Lipinski definition) is 0. The zero-order valence-corrected chi connectivity index (χ0v) is 16.1. The topological polar surface area (TPSA) is 44.1 Å². The van der Waals surface area contributed by atoms with Gasteiger partial charge in [-0.3, -0.25) is 9.36 Å². The van der Waals surface area contributed by atoms with Crippen molar-refractivity contribution in [1.82, 2.24) is 9.55 Å². The molecule has 2 heterocycles. The minimum Gasteiger partial charge on any atom is -0.493 e. The number of rotatable bonds is 7. The number of para-hydroxylation sites is 1. The first-order valence-electron chi connectivity index (χ1n) is 8.74. The summed E-state index contributed by atoms with van der Waals surface area (Å²) in [5, 5.41) is 1.58. The lowest BCUT2D eigenvalue weighted by molar-refractivity contribution is 0.344. The second-order valence-electron chi connectivity index (χ2n) is 6.15. The Hall–Kier alpha value is -2.05. The van der Waals surface area contributed by atoms with E-state index < -0.39 is 0 Å². The second-order valence-corrected chi connectivity index (χ2v) is 8.29. The van der Waals surface area contributed by atoms with Crippen LogP contribution < -0.4 is 10.3 Å². The molecule has 6 heteroatoms. The predicted octanol–water partition coefficient (Wildman–Crippen LogP) is 4.30. The molecular formula is C20H20N2O2S2. The number of benzene rings is 1. The molecule has 0 aliphatic heterocycles. The van der Waals surface area contributed by atoms with E-state index in [0.717, 1.165) is 46.1 Å². The Morgan fingerprint density at radius 1 is 1.31 bits per heavy atom. The molecule has 26 heavy (non-hydrogen) atoms. The minimum absolute atomic E-state index is 0.0702. The summed E-state index contributed by atoms with van der Waals surface area (Å²) in [6.45, 7) is 4.84. The molecule has 0 fully saturated rings. The predicted molar refractivity (Wildman–Crippen MR) is 109 cm³/mol. The Balaban J connectivity index is 1.56. The second kappa shape index (κ2) is 7.68. The van der Waals surface area contributed by atoms with E-state index in [1.165, 1.54) is 10.4 Å². The van der Waals surface area contributed by atoms with Crippen molar-refractivity contribution in [3.63, 3.8) is 0 Å². The summed E-state index contributed by atoms with van der Waals surface area (Å²) in [6.07, 6.45) is 4.97. The van der Waals surface area contributed by atoms with Gasteiger partial charge in [0.2, 0.25) is 0 Å². The Labute approximate surface area is 160 Å². The number of nitrogens with zero attached hydrogens (tertiary/aromatic N) is 2. The molecule has 0 radical (unpaired) electrons. The fraction of sp³-hybridized carbons (Fsp3) is 0.300. The number of aromatic nitrogens is 2. The molecule has 4 rings (SSSR count). The normalized spacial score (nSPS) is 13.1. The molecule has 4 nitrogen and oxygen atoms in total. The summed E-state index contributed by atoms with van der Waals surface area (Å²) in [6, 6.07) is 9.75. The van der Waals surface area contributed by atoms with E-state index in [4.69, 9.17) is 9.72 Å². The van der Waals surface area contributed by atoms with E-state index >= 15 is 0 Å². The molecule has 0 unspecified atom stereocenters. The van der Waals surface area contributed by atoms with Crippen LogP contribution in [-0.2, 0) is 19.4 Å². The summed E-state index contributed by atoms with van der Waals surface area (Å²) < 4.78 is 7.49. The summed E-state index contributed by atoms with van der Waals surface area (Å²) in [4.78, 5) is 20.1. The average Bonchev–Trinajstić information content (AvgIpc) is 3.23. The van der Waals surface area contributed by atoms with Gasteiger partial charge >= 0.3 is 0 Å². The maximum Gasteiger partial charge on any atom is 0.263 e. The molecular weight excluding hydrogens is 364 g/mol. The zero-order chi connectivity index (χ0) is 17.9. The van der Waals surface area contributed by atoms with E-state index in [-0.39, 0.29) is 5.56 Å². The summed E-state index contributed by atoms with van der Waals surface area (Å²) in [7, 11) is 0. The lowest BCUT2D eigenvalue weighted by Crippen LogP contribution is -2.23. The quantitative estimate of drug-likeness (QED) is 0.264. The number of allylic oxidation sites excluding steroid dienone is 1. The van der Waals surface area contributed by atoms with E-state index in [1.54, 1.807) is 33.7 Å². The number of thiophene rings is 1. The number of aryl methyl sites for hydroxylation is 2. The summed E-state index contributed by atoms with van der Waals surface area (Å²) in [5.41, 5.74) is 1.30. The number of thioether (sulfide) groups is 1. The highest BCUT2D eigenvalue weighted by Gasteiger charge is 2.23. The number of hydrogen-bond acceptors (Lipinski definition) is 5. The first kappa shape index (κ1) is 17.4. The fourth-order valence-corrected chi connectivity index (χ4v) is 5.40. The lowest BCUT2D eigenvalue weighted by atomic mass is 10.2. The molecule has 0 spiro atoms. The van der Waals surface area contributed by atoms with Crippen molar-refractivity contribution in [3.05, 3.63) is 63.8 Å². The van der Waals surface area contributed by atoms with Gasteiger partial charge in [-0.15, -0.1) is 17.9 Å². The molecule has 0 bridgehead atoms. The van der Waals surface area contributed by atoms with Gasteiger partial charge in [0.05, 0.1) is 12.0 Å². The van der Waals surface area contributed by atoms with Crippen molar-refractivity contribution in [2.75, 3.05) is 12.4 Å². The van der Waals surface area contributed by atoms with Crippen LogP contribution in [-0.4, -0.2) is 21.9 Å². The molecule has 0 atom stereocenters. The van der Waals surface area contributed by atoms with Gasteiger partial charge in [0, 0.05) is 17.2 Å². The van der Waals surface area contributed by atoms with Crippen LogP contribution in [0.4, 0.5) is 0 Å². The zero-order valence-electron chi connectivity index (χ0n) is 14.4. The van der Waals surface area contributed by atoms with E-state index in [9.17, 15) is 4.79 Å². The molecule has 2 aromatic heterocycles. The molecule has 1 aromatic carbocycles. The van der Waals surface area contributed by atoms with Gasteiger partial charge in [-0.05, 0) is 37.0 Å². The highest BCUT2D eigenvalue weighted by atomic mass is 32.2. The van der Waals surface area contributed by atoms with Gasteiger partial charge in [0.15, 0.2) is 5.16 Å². The third kappa shape index (κ3) is 3.31. The van der Waals surface area contributed by atoms with Gasteiger partial charge in [-0.1, -0.05) is 36.0 Å². The van der Waals surface area contributed by atoms with Crippen LogP contribution >= 0.6 is 23.1 Å². The van der Waals surface area contributed by atoms with Crippen LogP contribution in [0, 0.1) is 0 Å². The van der Waals surface area contributed by atoms with E-state index in [1.807, 2.05) is 30.3 Å². The number of fused-ring (bicyclic) bond motifs is 3. The standard InChI is InChI=1S/C20H20N2O2S2/c1-2-11-22-19(23)17-15-9-6-10-16(15)26-18(17)21-20(22)25-13-12-24-14-7-4-3-5-8-14/h2-5,7-8H,1,6,9-13H2. The Bertz CT molecular complexity index is 992. The smallest absolute Gasteiger partial charge is 0.263 e. The Morgan fingerprint density at radius 2 is 2.15 bits per heavy atom. The molecule has 0 saturated carbocycles. The van der Waals surface area contributed by atoms with Gasteiger partial charge in [-0.2, -0.15) is 0 Å². The van der Waals surface area contributed by atoms with Gasteiger partial charge in [-0.25, -0.2) is 4.98 Å². The van der Waals surface area contributed by atoms with Crippen LogP contribution in [0.3, 0.4) is 0 Å². The Morgan fingerprint density at radius 3 is 2.96 bits per heavy atom. The maximum atomic E-state index is 13.1. The first-order valence-corrected chi connectivity index (χ1v) is 10.5. The van der Waals surface area contributed by atoms with Gasteiger partial charge < -0.3 is 4.74 Å². The first-order chi connectivity index (χ1) is 12.8. The summed E-state index contributed by atoms with van der Waals surface area (Å²) in [5.74, 6) is 1.59. The fourth-order valence-electron chi connectivity index (χ4n) is 3.27. The largest absolute Gasteiger partial charge is 0.493 e. The monoisotopic (exact) mass is 384 g/mol. The van der Waals surface area contributed by atoms with Crippen molar-refractivity contribution in [2.24, 2.45) is 0 Å². The minimum atomic E-state index is 0.0702. The van der Waals surface area contributed by atoms with Crippen LogP contribution in [0.2, 0.25) is 0 Å². The highest BCUT2D eigenvalue weighted by Crippen LogP contribution is 2.35. The SMILES string of the molecule is C=CCn1c(SCCOc2ccccc2)nc2sc3c(c2c1=O)CCC3. The van der Waals surface area contributed by atoms with Crippen molar-refractivity contribution in [3.8, 4) is 5.75 Å².